The predicted octanol–water partition coefficient (Wildman–Crippen LogP) is 3.01. The number of nitrogens with two attached hydrogens (primary N) is 1. The summed E-state index contributed by atoms with van der Waals surface area (Å²) in [5, 5.41) is 11.3. The maximum absolute atomic E-state index is 12.6. The number of methoxy groups -OCH3 is 1. The van der Waals surface area contributed by atoms with Crippen molar-refractivity contribution in [1.29, 1.82) is 0 Å². The summed E-state index contributed by atoms with van der Waals surface area (Å²) >= 11 is 1.04. The van der Waals surface area contributed by atoms with Crippen LogP contribution in [0.2, 0.25) is 0 Å². The van der Waals surface area contributed by atoms with Gasteiger partial charge in [0.15, 0.2) is 0 Å². The number of amides is 2. The Balaban J connectivity index is 2.13. The molecule has 0 radical (unpaired) electrons. The first-order valence-electron chi connectivity index (χ1n) is 8.35. The highest BCUT2D eigenvalue weighted by atomic mass is 32.2. The lowest BCUT2D eigenvalue weighted by Crippen LogP contribution is -2.31. The van der Waals surface area contributed by atoms with Crippen LogP contribution in [0.4, 0.5) is 5.69 Å². The quantitative estimate of drug-likeness (QED) is 0.411. The lowest BCUT2D eigenvalue weighted by atomic mass is 10.1. The van der Waals surface area contributed by atoms with E-state index in [9.17, 15) is 19.7 Å². The second kappa shape index (κ2) is 9.23. The number of carbonyl (C=O) groups excluding carboxylic acids is 2. The summed E-state index contributed by atoms with van der Waals surface area (Å²) < 4.78 is 5.34. The van der Waals surface area contributed by atoms with Crippen LogP contribution in [0.1, 0.15) is 28.9 Å². The molecule has 28 heavy (non-hydrogen) atoms. The molecule has 8 nitrogen and oxygen atoms in total. The van der Waals surface area contributed by atoms with Crippen molar-refractivity contribution in [3.8, 4) is 5.75 Å². The Morgan fingerprint density at radius 2 is 1.96 bits per heavy atom. The third-order valence-electron chi connectivity index (χ3n) is 4.35. The van der Waals surface area contributed by atoms with Crippen molar-refractivity contribution in [2.75, 3.05) is 19.9 Å². The van der Waals surface area contributed by atoms with Gasteiger partial charge in [-0.25, -0.2) is 0 Å². The predicted molar refractivity (Wildman–Crippen MR) is 107 cm³/mol. The standard InChI is InChI=1S/C19H21N3O5S/c1-12(14-6-4-5-7-16(14)27-3)21(2)18(23)11-28-17-9-8-13(19(20)24)10-15(17)22(25)26/h4-10,12H,11H2,1-3H3,(H2,20,24). The highest BCUT2D eigenvalue weighted by Crippen LogP contribution is 2.32. The van der Waals surface area contributed by atoms with Gasteiger partial charge < -0.3 is 15.4 Å². The molecule has 0 aliphatic carbocycles. The molecule has 0 saturated carbocycles. The molecule has 0 aromatic heterocycles. The van der Waals surface area contributed by atoms with Crippen molar-refractivity contribution in [2.24, 2.45) is 5.73 Å². The summed E-state index contributed by atoms with van der Waals surface area (Å²) in [5.74, 6) is -0.259. The molecule has 2 aromatic rings. The number of hydrogen-bond donors (Lipinski definition) is 1. The molecule has 2 rings (SSSR count). The fraction of sp³-hybridized carbons (Fsp3) is 0.263. The molecule has 0 saturated heterocycles. The number of para-hydroxylation sites is 1. The maximum Gasteiger partial charge on any atom is 0.283 e. The average molecular weight is 403 g/mol. The van der Waals surface area contributed by atoms with Gasteiger partial charge in [-0.2, -0.15) is 0 Å². The first kappa shape index (κ1) is 21.2. The van der Waals surface area contributed by atoms with E-state index < -0.39 is 10.8 Å². The molecule has 0 spiro atoms. The van der Waals surface area contributed by atoms with Gasteiger partial charge in [0.2, 0.25) is 11.8 Å². The Bertz CT molecular complexity index is 903. The Hall–Kier alpha value is -3.07. The molecular weight excluding hydrogens is 382 g/mol. The first-order chi connectivity index (χ1) is 13.3. The molecule has 0 heterocycles. The summed E-state index contributed by atoms with van der Waals surface area (Å²) in [6.07, 6.45) is 0. The number of carbonyl (C=O) groups is 2. The van der Waals surface area contributed by atoms with E-state index in [0.717, 1.165) is 23.4 Å². The number of nitrogens with zero attached hydrogens (tertiary/aromatic N) is 2. The minimum absolute atomic E-state index is 0.00669. The molecule has 0 aliphatic heterocycles. The molecule has 0 aliphatic rings. The first-order valence-corrected chi connectivity index (χ1v) is 9.34. The average Bonchev–Trinajstić information content (AvgIpc) is 2.70. The van der Waals surface area contributed by atoms with Crippen LogP contribution in [0, 0.1) is 10.1 Å². The van der Waals surface area contributed by atoms with Crippen molar-refractivity contribution in [3.63, 3.8) is 0 Å². The number of nitro benzene ring substituents is 1. The monoisotopic (exact) mass is 403 g/mol. The van der Waals surface area contributed by atoms with Crippen molar-refractivity contribution in [1.82, 2.24) is 4.90 Å². The number of benzene rings is 2. The Morgan fingerprint density at radius 1 is 1.29 bits per heavy atom. The lowest BCUT2D eigenvalue weighted by molar-refractivity contribution is -0.387. The van der Waals surface area contributed by atoms with Crippen LogP contribution in [-0.4, -0.2) is 41.5 Å². The normalized spacial score (nSPS) is 11.5. The molecule has 2 N–H and O–H groups in total. The Morgan fingerprint density at radius 3 is 2.57 bits per heavy atom. The topological polar surface area (TPSA) is 116 Å². The van der Waals surface area contributed by atoms with Gasteiger partial charge in [0.25, 0.3) is 5.69 Å². The third kappa shape index (κ3) is 4.80. The molecule has 1 unspecified atom stereocenters. The van der Waals surface area contributed by atoms with Crippen LogP contribution < -0.4 is 10.5 Å². The van der Waals surface area contributed by atoms with Crippen LogP contribution in [0.5, 0.6) is 5.75 Å². The molecule has 1 atom stereocenters. The maximum atomic E-state index is 12.6. The van der Waals surface area contributed by atoms with Crippen molar-refractivity contribution < 1.29 is 19.2 Å². The molecule has 2 aromatic carbocycles. The molecular formula is C19H21N3O5S. The highest BCUT2D eigenvalue weighted by molar-refractivity contribution is 8.00. The van der Waals surface area contributed by atoms with Gasteiger partial charge in [-0.3, -0.25) is 19.7 Å². The summed E-state index contributed by atoms with van der Waals surface area (Å²) in [5.41, 5.74) is 5.82. The fourth-order valence-electron chi connectivity index (χ4n) is 2.61. The minimum Gasteiger partial charge on any atom is -0.496 e. The van der Waals surface area contributed by atoms with Gasteiger partial charge in [-0.15, -0.1) is 11.8 Å². The van der Waals surface area contributed by atoms with Gasteiger partial charge >= 0.3 is 0 Å². The molecule has 0 fully saturated rings. The van der Waals surface area contributed by atoms with Crippen LogP contribution in [0.25, 0.3) is 0 Å². The summed E-state index contributed by atoms with van der Waals surface area (Å²) in [4.78, 5) is 36.4. The van der Waals surface area contributed by atoms with Crippen LogP contribution in [0.3, 0.4) is 0 Å². The van der Waals surface area contributed by atoms with E-state index in [2.05, 4.69) is 0 Å². The van der Waals surface area contributed by atoms with Crippen LogP contribution >= 0.6 is 11.8 Å². The van der Waals surface area contributed by atoms with E-state index in [-0.39, 0.29) is 29.0 Å². The lowest BCUT2D eigenvalue weighted by Gasteiger charge is -2.26. The van der Waals surface area contributed by atoms with E-state index in [1.54, 1.807) is 19.1 Å². The number of primary amides is 1. The largest absolute Gasteiger partial charge is 0.496 e. The van der Waals surface area contributed by atoms with E-state index in [1.165, 1.54) is 12.1 Å². The van der Waals surface area contributed by atoms with Crippen molar-refractivity contribution >= 4 is 29.3 Å². The van der Waals surface area contributed by atoms with Crippen LogP contribution in [-0.2, 0) is 4.79 Å². The van der Waals surface area contributed by atoms with E-state index in [4.69, 9.17) is 10.5 Å². The van der Waals surface area contributed by atoms with Gasteiger partial charge in [0.05, 0.1) is 28.7 Å². The van der Waals surface area contributed by atoms with Crippen LogP contribution in [0.15, 0.2) is 47.4 Å². The number of rotatable bonds is 8. The second-order valence-electron chi connectivity index (χ2n) is 6.02. The second-order valence-corrected chi connectivity index (χ2v) is 7.03. The SMILES string of the molecule is COc1ccccc1C(C)N(C)C(=O)CSc1ccc(C(N)=O)cc1[N+](=O)[O-]. The van der Waals surface area contributed by atoms with Gasteiger partial charge in [-0.1, -0.05) is 18.2 Å². The van der Waals surface area contributed by atoms with Gasteiger partial charge in [0, 0.05) is 24.2 Å². The summed E-state index contributed by atoms with van der Waals surface area (Å²) in [7, 11) is 3.24. The smallest absolute Gasteiger partial charge is 0.283 e. The minimum atomic E-state index is -0.749. The fourth-order valence-corrected chi connectivity index (χ4v) is 3.54. The van der Waals surface area contributed by atoms with Gasteiger partial charge in [-0.05, 0) is 25.1 Å². The van der Waals surface area contributed by atoms with E-state index in [1.807, 2.05) is 31.2 Å². The number of ether oxygens (including phenoxy) is 1. The molecule has 148 valence electrons. The van der Waals surface area contributed by atoms with E-state index in [0.29, 0.717) is 10.6 Å². The summed E-state index contributed by atoms with van der Waals surface area (Å²) in [6, 6.07) is 11.1. The molecule has 9 heteroatoms. The van der Waals surface area contributed by atoms with Crippen molar-refractivity contribution in [3.05, 3.63) is 63.7 Å². The number of nitro groups is 1. The number of hydrogen-bond acceptors (Lipinski definition) is 6. The third-order valence-corrected chi connectivity index (χ3v) is 5.40. The highest BCUT2D eigenvalue weighted by Gasteiger charge is 2.22. The van der Waals surface area contributed by atoms with Gasteiger partial charge in [0.1, 0.15) is 5.75 Å². The Kier molecular flexibility index (Phi) is 7.00. The van der Waals surface area contributed by atoms with Crippen molar-refractivity contribution in [2.45, 2.75) is 17.9 Å². The number of thioether (sulfide) groups is 1. The molecule has 0 bridgehead atoms. The zero-order valence-electron chi connectivity index (χ0n) is 15.7. The zero-order valence-corrected chi connectivity index (χ0v) is 16.6. The Labute approximate surface area is 166 Å². The molecule has 2 amide bonds. The summed E-state index contributed by atoms with van der Waals surface area (Å²) in [6.45, 7) is 1.88. The zero-order chi connectivity index (χ0) is 20.8. The van der Waals surface area contributed by atoms with E-state index >= 15 is 0 Å².